The normalized spacial score (nSPS) is 10.3. The van der Waals surface area contributed by atoms with Crippen molar-refractivity contribution in [1.82, 2.24) is 0 Å². The second-order valence-electron chi connectivity index (χ2n) is 3.53. The Morgan fingerprint density at radius 2 is 2.11 bits per heavy atom. The number of hydrogen-bond acceptors (Lipinski definition) is 4. The highest BCUT2D eigenvalue weighted by molar-refractivity contribution is 5.94. The lowest BCUT2D eigenvalue weighted by molar-refractivity contribution is -0.121. The van der Waals surface area contributed by atoms with E-state index in [1.165, 1.54) is 12.1 Å². The zero-order chi connectivity index (χ0) is 13.4. The van der Waals surface area contributed by atoms with Crippen LogP contribution >= 0.6 is 0 Å². The molecule has 0 atom stereocenters. The SMILES string of the molecule is CCOCCOCC(=O)Nc1ccc(F)cc1N. The molecule has 6 heteroatoms. The summed E-state index contributed by atoms with van der Waals surface area (Å²) in [7, 11) is 0. The van der Waals surface area contributed by atoms with Gasteiger partial charge in [0.15, 0.2) is 0 Å². The molecule has 0 aliphatic rings. The van der Waals surface area contributed by atoms with Gasteiger partial charge in [0.1, 0.15) is 12.4 Å². The van der Waals surface area contributed by atoms with E-state index in [-0.39, 0.29) is 18.2 Å². The van der Waals surface area contributed by atoms with Crippen molar-refractivity contribution in [2.75, 3.05) is 37.5 Å². The molecular formula is C12H17FN2O3. The number of carbonyl (C=O) groups excluding carboxylic acids is 1. The Bertz CT molecular complexity index is 399. The summed E-state index contributed by atoms with van der Waals surface area (Å²) >= 11 is 0. The predicted octanol–water partition coefficient (Wildman–Crippen LogP) is 1.40. The third-order valence-corrected chi connectivity index (χ3v) is 2.10. The molecule has 100 valence electrons. The molecule has 1 rings (SSSR count). The van der Waals surface area contributed by atoms with Crippen LogP contribution in [0, 0.1) is 5.82 Å². The molecular weight excluding hydrogens is 239 g/mol. The Morgan fingerprint density at radius 1 is 1.39 bits per heavy atom. The van der Waals surface area contributed by atoms with E-state index in [9.17, 15) is 9.18 Å². The maximum absolute atomic E-state index is 12.8. The molecule has 0 radical (unpaired) electrons. The lowest BCUT2D eigenvalue weighted by Crippen LogP contribution is -2.20. The van der Waals surface area contributed by atoms with E-state index >= 15 is 0 Å². The lowest BCUT2D eigenvalue weighted by Gasteiger charge is -2.08. The summed E-state index contributed by atoms with van der Waals surface area (Å²) in [5, 5.41) is 2.53. The van der Waals surface area contributed by atoms with Crippen LogP contribution in [-0.4, -0.2) is 32.3 Å². The number of nitrogens with one attached hydrogen (secondary N) is 1. The van der Waals surface area contributed by atoms with Gasteiger partial charge in [-0.1, -0.05) is 0 Å². The number of rotatable bonds is 7. The smallest absolute Gasteiger partial charge is 0.250 e. The topological polar surface area (TPSA) is 73.6 Å². The standard InChI is InChI=1S/C12H17FN2O3/c1-2-17-5-6-18-8-12(16)15-11-4-3-9(13)7-10(11)14/h3-4,7H,2,5-6,8,14H2,1H3,(H,15,16). The van der Waals surface area contributed by atoms with Gasteiger partial charge in [-0.3, -0.25) is 4.79 Å². The summed E-state index contributed by atoms with van der Waals surface area (Å²) in [6.07, 6.45) is 0. The zero-order valence-electron chi connectivity index (χ0n) is 10.2. The second-order valence-corrected chi connectivity index (χ2v) is 3.53. The van der Waals surface area contributed by atoms with Gasteiger partial charge in [-0.05, 0) is 25.1 Å². The average molecular weight is 256 g/mol. The first kappa shape index (κ1) is 14.4. The third-order valence-electron chi connectivity index (χ3n) is 2.10. The van der Waals surface area contributed by atoms with Crippen LogP contribution < -0.4 is 11.1 Å². The first-order valence-corrected chi connectivity index (χ1v) is 5.64. The first-order chi connectivity index (χ1) is 8.63. The van der Waals surface area contributed by atoms with Gasteiger partial charge < -0.3 is 20.5 Å². The highest BCUT2D eigenvalue weighted by Gasteiger charge is 2.06. The number of benzene rings is 1. The Labute approximate surface area is 105 Å². The highest BCUT2D eigenvalue weighted by atomic mass is 19.1. The molecule has 0 bridgehead atoms. The molecule has 0 saturated heterocycles. The molecule has 0 heterocycles. The molecule has 0 unspecified atom stereocenters. The quantitative estimate of drug-likeness (QED) is 0.571. The van der Waals surface area contributed by atoms with Gasteiger partial charge in [0.05, 0.1) is 24.6 Å². The van der Waals surface area contributed by atoms with E-state index in [1.54, 1.807) is 0 Å². The van der Waals surface area contributed by atoms with Crippen molar-refractivity contribution in [3.63, 3.8) is 0 Å². The molecule has 1 aromatic carbocycles. The summed E-state index contributed by atoms with van der Waals surface area (Å²) in [5.74, 6) is -0.789. The molecule has 5 nitrogen and oxygen atoms in total. The minimum atomic E-state index is -0.446. The summed E-state index contributed by atoms with van der Waals surface area (Å²) in [6.45, 7) is 3.19. The molecule has 3 N–H and O–H groups in total. The average Bonchev–Trinajstić information content (AvgIpc) is 2.32. The largest absolute Gasteiger partial charge is 0.397 e. The molecule has 1 aromatic rings. The highest BCUT2D eigenvalue weighted by Crippen LogP contribution is 2.18. The Kier molecular flexibility index (Phi) is 6.10. The molecule has 0 spiro atoms. The Balaban J connectivity index is 2.31. The maximum Gasteiger partial charge on any atom is 0.250 e. The van der Waals surface area contributed by atoms with Gasteiger partial charge in [-0.25, -0.2) is 4.39 Å². The predicted molar refractivity (Wildman–Crippen MR) is 66.8 cm³/mol. The van der Waals surface area contributed by atoms with E-state index in [0.717, 1.165) is 6.07 Å². The van der Waals surface area contributed by atoms with Gasteiger partial charge in [-0.2, -0.15) is 0 Å². The monoisotopic (exact) mass is 256 g/mol. The number of amides is 1. The van der Waals surface area contributed by atoms with Crippen LogP contribution in [0.3, 0.4) is 0 Å². The van der Waals surface area contributed by atoms with Crippen molar-refractivity contribution < 1.29 is 18.7 Å². The molecule has 0 fully saturated rings. The molecule has 18 heavy (non-hydrogen) atoms. The van der Waals surface area contributed by atoms with Crippen LogP contribution in [0.4, 0.5) is 15.8 Å². The van der Waals surface area contributed by atoms with Crippen LogP contribution in [0.15, 0.2) is 18.2 Å². The van der Waals surface area contributed by atoms with Crippen molar-refractivity contribution in [3.05, 3.63) is 24.0 Å². The van der Waals surface area contributed by atoms with Gasteiger partial charge in [0.2, 0.25) is 5.91 Å². The Morgan fingerprint density at radius 3 is 2.78 bits per heavy atom. The maximum atomic E-state index is 12.8. The van der Waals surface area contributed by atoms with E-state index in [1.807, 2.05) is 6.92 Å². The fourth-order valence-corrected chi connectivity index (χ4v) is 1.26. The minimum absolute atomic E-state index is 0.0934. The minimum Gasteiger partial charge on any atom is -0.397 e. The van der Waals surface area contributed by atoms with E-state index < -0.39 is 5.82 Å². The van der Waals surface area contributed by atoms with E-state index in [2.05, 4.69) is 5.32 Å². The van der Waals surface area contributed by atoms with Crippen molar-refractivity contribution in [2.45, 2.75) is 6.92 Å². The number of anilines is 2. The van der Waals surface area contributed by atoms with Crippen LogP contribution in [-0.2, 0) is 14.3 Å². The number of hydrogen-bond donors (Lipinski definition) is 2. The summed E-state index contributed by atoms with van der Waals surface area (Å²) in [4.78, 5) is 11.5. The summed E-state index contributed by atoms with van der Waals surface area (Å²) < 4.78 is 22.9. The number of carbonyl (C=O) groups is 1. The van der Waals surface area contributed by atoms with Crippen molar-refractivity contribution >= 4 is 17.3 Å². The molecule has 0 aromatic heterocycles. The summed E-state index contributed by atoms with van der Waals surface area (Å²) in [5.41, 5.74) is 6.10. The fraction of sp³-hybridized carbons (Fsp3) is 0.417. The van der Waals surface area contributed by atoms with Gasteiger partial charge in [0, 0.05) is 6.61 Å². The number of nitrogens with two attached hydrogens (primary N) is 1. The Hall–Kier alpha value is -1.66. The first-order valence-electron chi connectivity index (χ1n) is 5.64. The van der Waals surface area contributed by atoms with Crippen LogP contribution in [0.1, 0.15) is 6.92 Å². The van der Waals surface area contributed by atoms with Crippen molar-refractivity contribution in [2.24, 2.45) is 0 Å². The zero-order valence-corrected chi connectivity index (χ0v) is 10.2. The van der Waals surface area contributed by atoms with Crippen molar-refractivity contribution in [1.29, 1.82) is 0 Å². The van der Waals surface area contributed by atoms with Gasteiger partial charge in [0.25, 0.3) is 0 Å². The summed E-state index contributed by atoms with van der Waals surface area (Å²) in [6, 6.07) is 3.77. The molecule has 1 amide bonds. The van der Waals surface area contributed by atoms with Crippen LogP contribution in [0.2, 0.25) is 0 Å². The number of ether oxygens (including phenoxy) is 2. The van der Waals surface area contributed by atoms with E-state index in [0.29, 0.717) is 25.5 Å². The number of halogens is 1. The van der Waals surface area contributed by atoms with Gasteiger partial charge >= 0.3 is 0 Å². The van der Waals surface area contributed by atoms with E-state index in [4.69, 9.17) is 15.2 Å². The van der Waals surface area contributed by atoms with Crippen LogP contribution in [0.5, 0.6) is 0 Å². The second kappa shape index (κ2) is 7.62. The molecule has 0 aliphatic carbocycles. The molecule has 0 aliphatic heterocycles. The van der Waals surface area contributed by atoms with Gasteiger partial charge in [-0.15, -0.1) is 0 Å². The van der Waals surface area contributed by atoms with Crippen molar-refractivity contribution in [3.8, 4) is 0 Å². The fourth-order valence-electron chi connectivity index (χ4n) is 1.26. The van der Waals surface area contributed by atoms with Crippen LogP contribution in [0.25, 0.3) is 0 Å². The third kappa shape index (κ3) is 5.11. The lowest BCUT2D eigenvalue weighted by atomic mass is 10.2. The number of nitrogen functional groups attached to an aromatic ring is 1. The molecule has 0 saturated carbocycles.